The van der Waals surface area contributed by atoms with Crippen molar-refractivity contribution in [3.05, 3.63) is 60.3 Å². The molecule has 0 aliphatic rings. The largest absolute Gasteiger partial charge is 0.493 e. The van der Waals surface area contributed by atoms with Crippen molar-refractivity contribution in [3.63, 3.8) is 0 Å². The summed E-state index contributed by atoms with van der Waals surface area (Å²) in [7, 11) is -1.22. The lowest BCUT2D eigenvalue weighted by Crippen LogP contribution is -2.27. The van der Waals surface area contributed by atoms with Gasteiger partial charge in [0.1, 0.15) is 0 Å². The lowest BCUT2D eigenvalue weighted by Gasteiger charge is -2.20. The highest BCUT2D eigenvalue weighted by atomic mass is 32.2. The first kappa shape index (κ1) is 24.9. The summed E-state index contributed by atoms with van der Waals surface area (Å²) in [5.74, 6) is -2.01. The number of primary sulfonamides is 1. The molecule has 0 unspecified atom stereocenters. The molecule has 0 heterocycles. The number of hydrogen-bond acceptors (Lipinski definition) is 7. The van der Waals surface area contributed by atoms with Crippen LogP contribution < -0.4 is 19.5 Å². The Morgan fingerprint density at radius 3 is 2.12 bits per heavy atom. The number of Topliss-reactive ketones (excluding diaryl/α,β-unsaturated/α-hetero) is 1. The van der Waals surface area contributed by atoms with E-state index in [0.717, 1.165) is 23.2 Å². The fraction of sp³-hybridized carbons (Fsp3) is 0.200. The number of alkyl halides is 3. The Morgan fingerprint density at radius 1 is 1.03 bits per heavy atom. The summed E-state index contributed by atoms with van der Waals surface area (Å²) in [6, 6.07) is 9.05. The van der Waals surface area contributed by atoms with Crippen LogP contribution in [0.2, 0.25) is 0 Å². The van der Waals surface area contributed by atoms with Crippen LogP contribution in [0.1, 0.15) is 10.4 Å². The number of ketones is 2. The Labute approximate surface area is 182 Å². The normalized spacial score (nSPS) is 11.9. The number of hydrogen-bond donors (Lipinski definition) is 1. The average Bonchev–Trinajstić information content (AvgIpc) is 2.74. The summed E-state index contributed by atoms with van der Waals surface area (Å²) in [5, 5.41) is 5.04. The summed E-state index contributed by atoms with van der Waals surface area (Å²) in [4.78, 5) is 24.8. The molecule has 0 saturated carbocycles. The van der Waals surface area contributed by atoms with Crippen LogP contribution >= 0.6 is 0 Å². The molecule has 2 rings (SSSR count). The van der Waals surface area contributed by atoms with Crippen LogP contribution in [0.5, 0.6) is 11.5 Å². The van der Waals surface area contributed by atoms with Crippen LogP contribution in [0.25, 0.3) is 0 Å². The summed E-state index contributed by atoms with van der Waals surface area (Å²) >= 11 is 0. The second-order valence-electron chi connectivity index (χ2n) is 6.34. The Kier molecular flexibility index (Phi) is 7.65. The van der Waals surface area contributed by atoms with Gasteiger partial charge in [0, 0.05) is 23.5 Å². The van der Waals surface area contributed by atoms with Gasteiger partial charge in [-0.3, -0.25) is 9.59 Å². The molecule has 12 heteroatoms. The second kappa shape index (κ2) is 9.83. The molecule has 0 radical (unpaired) electrons. The second-order valence-corrected chi connectivity index (χ2v) is 7.90. The first-order valence-corrected chi connectivity index (χ1v) is 10.4. The van der Waals surface area contributed by atoms with Crippen LogP contribution in [0.15, 0.2) is 59.6 Å². The van der Waals surface area contributed by atoms with Crippen molar-refractivity contribution in [1.82, 2.24) is 0 Å². The fourth-order valence-electron chi connectivity index (χ4n) is 2.57. The van der Waals surface area contributed by atoms with Gasteiger partial charge in [0.05, 0.1) is 25.7 Å². The molecule has 0 saturated heterocycles. The van der Waals surface area contributed by atoms with Crippen molar-refractivity contribution in [2.24, 2.45) is 5.14 Å². The molecular formula is C20H19F3N2O6S. The summed E-state index contributed by atoms with van der Waals surface area (Å²) in [6.45, 7) is -0.466. The van der Waals surface area contributed by atoms with Crippen molar-refractivity contribution in [1.29, 1.82) is 0 Å². The summed E-state index contributed by atoms with van der Waals surface area (Å²) < 4.78 is 70.8. The topological polar surface area (TPSA) is 116 Å². The van der Waals surface area contributed by atoms with E-state index >= 15 is 0 Å². The summed E-state index contributed by atoms with van der Waals surface area (Å²) in [5.41, 5.74) is 0.321. The van der Waals surface area contributed by atoms with Crippen molar-refractivity contribution < 1.29 is 40.7 Å². The molecule has 0 spiro atoms. The highest BCUT2D eigenvalue weighted by Gasteiger charge is 2.36. The number of anilines is 1. The minimum Gasteiger partial charge on any atom is -0.493 e. The molecule has 2 N–H and O–H groups in total. The number of carbonyl (C=O) groups is 2. The third-order valence-corrected chi connectivity index (χ3v) is 5.13. The van der Waals surface area contributed by atoms with Crippen LogP contribution in [-0.2, 0) is 14.8 Å². The number of ether oxygens (including phenoxy) is 2. The molecule has 8 nitrogen and oxygen atoms in total. The number of methoxy groups -OCH3 is 2. The quantitative estimate of drug-likeness (QED) is 0.441. The number of sulfonamides is 1. The molecule has 0 atom stereocenters. The number of benzene rings is 2. The molecular weight excluding hydrogens is 453 g/mol. The van der Waals surface area contributed by atoms with Crippen LogP contribution in [0, 0.1) is 0 Å². The maximum atomic E-state index is 12.8. The van der Waals surface area contributed by atoms with Crippen molar-refractivity contribution >= 4 is 27.3 Å². The first-order valence-electron chi connectivity index (χ1n) is 8.81. The molecule has 0 bridgehead atoms. The van der Waals surface area contributed by atoms with Gasteiger partial charge in [0.25, 0.3) is 5.78 Å². The lowest BCUT2D eigenvalue weighted by molar-refractivity contribution is -0.165. The monoisotopic (exact) mass is 472 g/mol. The van der Waals surface area contributed by atoms with E-state index in [4.69, 9.17) is 14.6 Å². The van der Waals surface area contributed by atoms with Crippen LogP contribution in [0.3, 0.4) is 0 Å². The Morgan fingerprint density at radius 2 is 1.62 bits per heavy atom. The summed E-state index contributed by atoms with van der Waals surface area (Å²) in [6.07, 6.45) is -4.02. The van der Waals surface area contributed by atoms with E-state index in [0.29, 0.717) is 5.75 Å². The van der Waals surface area contributed by atoms with Gasteiger partial charge < -0.3 is 14.4 Å². The fourth-order valence-corrected chi connectivity index (χ4v) is 3.08. The molecule has 0 aliphatic heterocycles. The van der Waals surface area contributed by atoms with E-state index in [9.17, 15) is 31.2 Å². The number of rotatable bonds is 9. The zero-order valence-electron chi connectivity index (χ0n) is 16.9. The van der Waals surface area contributed by atoms with Gasteiger partial charge in [-0.25, -0.2) is 13.6 Å². The minimum absolute atomic E-state index is 0.150. The molecule has 2 aromatic rings. The van der Waals surface area contributed by atoms with Gasteiger partial charge in [-0.15, -0.1) is 0 Å². The molecule has 0 amide bonds. The maximum Gasteiger partial charge on any atom is 0.454 e. The highest BCUT2D eigenvalue weighted by molar-refractivity contribution is 7.89. The third-order valence-electron chi connectivity index (χ3n) is 4.20. The highest BCUT2D eigenvalue weighted by Crippen LogP contribution is 2.28. The predicted octanol–water partition coefficient (Wildman–Crippen LogP) is 2.69. The van der Waals surface area contributed by atoms with E-state index in [1.807, 2.05) is 0 Å². The molecule has 2 aromatic carbocycles. The lowest BCUT2D eigenvalue weighted by atomic mass is 10.1. The number of nitrogens with two attached hydrogens (primary N) is 1. The van der Waals surface area contributed by atoms with E-state index in [2.05, 4.69) is 0 Å². The number of carbonyl (C=O) groups excluding carboxylic acids is 2. The predicted molar refractivity (Wildman–Crippen MR) is 109 cm³/mol. The van der Waals surface area contributed by atoms with Gasteiger partial charge in [0.15, 0.2) is 17.3 Å². The van der Waals surface area contributed by atoms with Gasteiger partial charge in [0.2, 0.25) is 10.0 Å². The van der Waals surface area contributed by atoms with Gasteiger partial charge in [-0.1, -0.05) is 0 Å². The smallest absolute Gasteiger partial charge is 0.454 e. The zero-order valence-corrected chi connectivity index (χ0v) is 17.7. The Bertz CT molecular complexity index is 1130. The third kappa shape index (κ3) is 6.31. The minimum atomic E-state index is -5.09. The van der Waals surface area contributed by atoms with Crippen molar-refractivity contribution in [2.45, 2.75) is 11.1 Å². The van der Waals surface area contributed by atoms with E-state index in [1.54, 1.807) is 0 Å². The van der Waals surface area contributed by atoms with Crippen molar-refractivity contribution in [2.75, 3.05) is 25.7 Å². The maximum absolute atomic E-state index is 12.8. The number of allylic oxidation sites excluding steroid dienone is 1. The Hall–Kier alpha value is -3.38. The molecule has 0 aliphatic carbocycles. The van der Waals surface area contributed by atoms with E-state index in [1.165, 1.54) is 44.6 Å². The van der Waals surface area contributed by atoms with E-state index < -0.39 is 34.3 Å². The van der Waals surface area contributed by atoms with Gasteiger partial charge in [-0.2, -0.15) is 13.2 Å². The Balaban J connectivity index is 2.39. The first-order chi connectivity index (χ1) is 14.9. The molecule has 0 aromatic heterocycles. The van der Waals surface area contributed by atoms with Crippen molar-refractivity contribution in [3.8, 4) is 11.5 Å². The molecule has 0 fully saturated rings. The standard InChI is InChI=1S/C20H19F3N2O6S/c1-30-17-8-3-13(11-18(17)31-2)16(26)12-25(10-9-19(27)20(21,22)23)14-4-6-15(7-5-14)32(24,28)29/h3-11H,12H2,1-2H3,(H2,24,28,29)/b10-9+. The number of halogens is 3. The van der Waals surface area contributed by atoms with E-state index in [-0.39, 0.29) is 28.0 Å². The molecule has 172 valence electrons. The SMILES string of the molecule is COc1ccc(C(=O)CN(/C=C/C(=O)C(F)(F)F)c2ccc(S(N)(=O)=O)cc2)cc1OC. The molecule has 32 heavy (non-hydrogen) atoms. The van der Waals surface area contributed by atoms with Crippen LogP contribution in [-0.4, -0.2) is 46.9 Å². The average molecular weight is 472 g/mol. The van der Waals surface area contributed by atoms with Gasteiger partial charge >= 0.3 is 6.18 Å². The van der Waals surface area contributed by atoms with Gasteiger partial charge in [-0.05, 0) is 42.5 Å². The zero-order chi connectivity index (χ0) is 24.1. The number of nitrogens with zero attached hydrogens (tertiary/aromatic N) is 1. The van der Waals surface area contributed by atoms with Crippen LogP contribution in [0.4, 0.5) is 18.9 Å².